The summed E-state index contributed by atoms with van der Waals surface area (Å²) in [5.41, 5.74) is 0. The Morgan fingerprint density at radius 3 is 2.59 bits per heavy atom. The fourth-order valence-corrected chi connectivity index (χ4v) is 2.80. The van der Waals surface area contributed by atoms with Gasteiger partial charge in [-0.1, -0.05) is 27.2 Å². The molecule has 0 aromatic carbocycles. The number of hydrogen-bond donors (Lipinski definition) is 1. The highest BCUT2D eigenvalue weighted by atomic mass is 15.2. The van der Waals surface area contributed by atoms with Crippen LogP contribution in [0.5, 0.6) is 0 Å². The highest BCUT2D eigenvalue weighted by Gasteiger charge is 2.21. The van der Waals surface area contributed by atoms with Gasteiger partial charge in [0.25, 0.3) is 0 Å². The maximum absolute atomic E-state index is 3.48. The summed E-state index contributed by atoms with van der Waals surface area (Å²) in [6.07, 6.45) is 6.88. The zero-order valence-corrected chi connectivity index (χ0v) is 12.3. The molecule has 2 heteroatoms. The highest BCUT2D eigenvalue weighted by molar-refractivity contribution is 4.76. The first-order chi connectivity index (χ1) is 8.09. The van der Waals surface area contributed by atoms with E-state index in [1.807, 2.05) is 0 Å². The van der Waals surface area contributed by atoms with Crippen molar-refractivity contribution in [3.05, 3.63) is 0 Å². The zero-order chi connectivity index (χ0) is 12.7. The lowest BCUT2D eigenvalue weighted by molar-refractivity contribution is 0.127. The molecular formula is C15H32N2. The fourth-order valence-electron chi connectivity index (χ4n) is 2.80. The Hall–Kier alpha value is -0.0800. The molecule has 0 aliphatic carbocycles. The average molecular weight is 240 g/mol. The topological polar surface area (TPSA) is 15.3 Å². The van der Waals surface area contributed by atoms with Crippen molar-refractivity contribution in [3.8, 4) is 0 Å². The molecule has 0 bridgehead atoms. The van der Waals surface area contributed by atoms with Crippen LogP contribution in [0.25, 0.3) is 0 Å². The third-order valence-electron chi connectivity index (χ3n) is 3.95. The van der Waals surface area contributed by atoms with Crippen LogP contribution < -0.4 is 5.32 Å². The van der Waals surface area contributed by atoms with Crippen molar-refractivity contribution in [2.24, 2.45) is 5.92 Å². The molecule has 0 radical (unpaired) electrons. The van der Waals surface area contributed by atoms with Crippen LogP contribution in [0.2, 0.25) is 0 Å². The second-order valence-electron chi connectivity index (χ2n) is 6.18. The van der Waals surface area contributed by atoms with Crippen molar-refractivity contribution in [1.82, 2.24) is 10.2 Å². The molecule has 1 aliphatic heterocycles. The Morgan fingerprint density at radius 1 is 1.18 bits per heavy atom. The molecule has 0 aromatic heterocycles. The summed E-state index contributed by atoms with van der Waals surface area (Å²) in [6, 6.07) is 1.45. The lowest BCUT2D eigenvalue weighted by atomic mass is 9.93. The molecule has 1 aliphatic rings. The first kappa shape index (κ1) is 15.0. The molecule has 0 aromatic rings. The van der Waals surface area contributed by atoms with Crippen molar-refractivity contribution in [2.75, 3.05) is 19.6 Å². The van der Waals surface area contributed by atoms with Gasteiger partial charge in [0.05, 0.1) is 0 Å². The monoisotopic (exact) mass is 240 g/mol. The fraction of sp³-hybridized carbons (Fsp3) is 1.00. The molecule has 2 unspecified atom stereocenters. The minimum Gasteiger partial charge on any atom is -0.315 e. The van der Waals surface area contributed by atoms with Crippen molar-refractivity contribution in [3.63, 3.8) is 0 Å². The Labute approximate surface area is 108 Å². The van der Waals surface area contributed by atoms with Crippen molar-refractivity contribution in [1.29, 1.82) is 0 Å². The van der Waals surface area contributed by atoms with Gasteiger partial charge < -0.3 is 10.2 Å². The number of rotatable bonds is 7. The Kier molecular flexibility index (Phi) is 7.14. The molecule has 0 amide bonds. The van der Waals surface area contributed by atoms with E-state index in [1.54, 1.807) is 0 Å². The van der Waals surface area contributed by atoms with E-state index < -0.39 is 0 Å². The van der Waals surface area contributed by atoms with E-state index in [-0.39, 0.29) is 0 Å². The van der Waals surface area contributed by atoms with Crippen LogP contribution >= 0.6 is 0 Å². The SMILES string of the molecule is CC1CCN(CCCCCNC(C)C)C(C)C1. The van der Waals surface area contributed by atoms with Gasteiger partial charge in [0.1, 0.15) is 0 Å². The number of piperidine rings is 1. The lowest BCUT2D eigenvalue weighted by Gasteiger charge is -2.36. The molecular weight excluding hydrogens is 208 g/mol. The van der Waals surface area contributed by atoms with Crippen LogP contribution in [-0.4, -0.2) is 36.6 Å². The second kappa shape index (κ2) is 8.10. The molecule has 0 spiro atoms. The number of unbranched alkanes of at least 4 members (excludes halogenated alkanes) is 2. The minimum absolute atomic E-state index is 0.638. The van der Waals surface area contributed by atoms with Crippen LogP contribution in [0.4, 0.5) is 0 Å². The number of hydrogen-bond acceptors (Lipinski definition) is 2. The minimum atomic E-state index is 0.638. The number of nitrogens with one attached hydrogen (secondary N) is 1. The van der Waals surface area contributed by atoms with E-state index in [2.05, 4.69) is 37.9 Å². The van der Waals surface area contributed by atoms with E-state index in [9.17, 15) is 0 Å². The molecule has 2 atom stereocenters. The van der Waals surface area contributed by atoms with Gasteiger partial charge in [-0.2, -0.15) is 0 Å². The lowest BCUT2D eigenvalue weighted by Crippen LogP contribution is -2.40. The van der Waals surface area contributed by atoms with Gasteiger partial charge >= 0.3 is 0 Å². The molecule has 102 valence electrons. The summed E-state index contributed by atoms with van der Waals surface area (Å²) in [5, 5.41) is 3.48. The Bertz CT molecular complexity index is 191. The first-order valence-corrected chi connectivity index (χ1v) is 7.57. The van der Waals surface area contributed by atoms with Gasteiger partial charge in [-0.05, 0) is 58.2 Å². The largest absolute Gasteiger partial charge is 0.315 e. The van der Waals surface area contributed by atoms with Gasteiger partial charge in [0.15, 0.2) is 0 Å². The summed E-state index contributed by atoms with van der Waals surface area (Å²) < 4.78 is 0. The van der Waals surface area contributed by atoms with E-state index in [0.717, 1.165) is 12.0 Å². The molecule has 2 nitrogen and oxygen atoms in total. The van der Waals surface area contributed by atoms with Crippen molar-refractivity contribution >= 4 is 0 Å². The predicted octanol–water partition coefficient (Wildman–Crippen LogP) is 3.28. The predicted molar refractivity (Wildman–Crippen MR) is 76.4 cm³/mol. The second-order valence-corrected chi connectivity index (χ2v) is 6.18. The van der Waals surface area contributed by atoms with E-state index >= 15 is 0 Å². The van der Waals surface area contributed by atoms with E-state index in [4.69, 9.17) is 0 Å². The van der Waals surface area contributed by atoms with Gasteiger partial charge in [-0.25, -0.2) is 0 Å². The zero-order valence-electron chi connectivity index (χ0n) is 12.3. The van der Waals surface area contributed by atoms with Crippen LogP contribution in [0.15, 0.2) is 0 Å². The number of likely N-dealkylation sites (tertiary alicyclic amines) is 1. The van der Waals surface area contributed by atoms with E-state index in [1.165, 1.54) is 51.7 Å². The summed E-state index contributed by atoms with van der Waals surface area (Å²) in [7, 11) is 0. The summed E-state index contributed by atoms with van der Waals surface area (Å²) in [4.78, 5) is 2.69. The molecule has 1 N–H and O–H groups in total. The van der Waals surface area contributed by atoms with Crippen LogP contribution in [-0.2, 0) is 0 Å². The van der Waals surface area contributed by atoms with Gasteiger partial charge in [-0.15, -0.1) is 0 Å². The molecule has 1 fully saturated rings. The molecule has 1 heterocycles. The summed E-state index contributed by atoms with van der Waals surface area (Å²) in [5.74, 6) is 0.941. The molecule has 0 saturated carbocycles. The van der Waals surface area contributed by atoms with Crippen molar-refractivity contribution < 1.29 is 0 Å². The third kappa shape index (κ3) is 6.42. The van der Waals surface area contributed by atoms with E-state index in [0.29, 0.717) is 6.04 Å². The third-order valence-corrected chi connectivity index (χ3v) is 3.95. The average Bonchev–Trinajstić information content (AvgIpc) is 2.25. The Balaban J connectivity index is 1.99. The summed E-state index contributed by atoms with van der Waals surface area (Å²) >= 11 is 0. The van der Waals surface area contributed by atoms with Crippen LogP contribution in [0, 0.1) is 5.92 Å². The maximum atomic E-state index is 3.48. The summed E-state index contributed by atoms with van der Waals surface area (Å²) in [6.45, 7) is 13.1. The normalized spacial score (nSPS) is 26.6. The maximum Gasteiger partial charge on any atom is 0.00694 e. The number of nitrogens with zero attached hydrogens (tertiary/aromatic N) is 1. The van der Waals surface area contributed by atoms with Crippen molar-refractivity contribution in [2.45, 2.75) is 71.9 Å². The van der Waals surface area contributed by atoms with Crippen LogP contribution in [0.1, 0.15) is 59.8 Å². The first-order valence-electron chi connectivity index (χ1n) is 7.57. The standard InChI is InChI=1S/C15H32N2/c1-13(2)16-9-6-5-7-10-17-11-8-14(3)12-15(17)4/h13-16H,5-12H2,1-4H3. The quantitative estimate of drug-likeness (QED) is 0.687. The molecule has 17 heavy (non-hydrogen) atoms. The van der Waals surface area contributed by atoms with Gasteiger partial charge in [0, 0.05) is 12.1 Å². The van der Waals surface area contributed by atoms with Gasteiger partial charge in [0.2, 0.25) is 0 Å². The van der Waals surface area contributed by atoms with Crippen LogP contribution in [0.3, 0.4) is 0 Å². The Morgan fingerprint density at radius 2 is 1.94 bits per heavy atom. The van der Waals surface area contributed by atoms with Gasteiger partial charge in [-0.3, -0.25) is 0 Å². The molecule has 1 saturated heterocycles. The molecule has 1 rings (SSSR count). The highest BCUT2D eigenvalue weighted by Crippen LogP contribution is 2.22. The smallest absolute Gasteiger partial charge is 0.00694 e.